The number of hydrogen-bond donors (Lipinski definition) is 3. The van der Waals surface area contributed by atoms with Crippen LogP contribution in [0.4, 0.5) is 5.82 Å². The first-order valence-electron chi connectivity index (χ1n) is 6.59. The van der Waals surface area contributed by atoms with Crippen molar-refractivity contribution in [1.29, 1.82) is 0 Å². The molecule has 2 unspecified atom stereocenters. The topological polar surface area (TPSA) is 118 Å². The van der Waals surface area contributed by atoms with E-state index in [4.69, 9.17) is 37.9 Å². The van der Waals surface area contributed by atoms with Crippen LogP contribution in [0.1, 0.15) is 25.5 Å². The Kier molecular flexibility index (Phi) is 3.41. The van der Waals surface area contributed by atoms with E-state index in [9.17, 15) is 5.11 Å². The van der Waals surface area contributed by atoms with E-state index in [-0.39, 0.29) is 23.9 Å². The Bertz CT molecular complexity index is 576. The maximum Gasteiger partial charge on any atom is 0.193 e. The number of anilines is 1. The van der Waals surface area contributed by atoms with Crippen molar-refractivity contribution in [2.75, 3.05) is 12.3 Å². The minimum atomic E-state index is -0.737. The highest BCUT2D eigenvalue weighted by Gasteiger charge is 2.56. The molecule has 0 spiro atoms. The number of aliphatic hydroxyl groups is 1. The number of nitrogen functional groups attached to an aromatic ring is 1. The fraction of sp³-hybridized carbons (Fsp3) is 0.667. The van der Waals surface area contributed by atoms with Gasteiger partial charge in [-0.1, -0.05) is 0 Å². The molecule has 2 aliphatic rings. The Morgan fingerprint density at radius 3 is 2.71 bits per heavy atom. The summed E-state index contributed by atoms with van der Waals surface area (Å²) in [6.45, 7) is 3.47. The molecule has 9 heteroatoms. The van der Waals surface area contributed by atoms with Gasteiger partial charge in [0.1, 0.15) is 30.2 Å². The molecule has 21 heavy (non-hydrogen) atoms. The van der Waals surface area contributed by atoms with Gasteiger partial charge in [-0.3, -0.25) is 0 Å². The molecule has 3 rings (SSSR count). The first kappa shape index (κ1) is 14.7. The van der Waals surface area contributed by atoms with Gasteiger partial charge in [0.15, 0.2) is 10.9 Å². The lowest BCUT2D eigenvalue weighted by Crippen LogP contribution is -2.31. The number of aliphatic hydroxyl groups excluding tert-OH is 1. The Morgan fingerprint density at radius 1 is 1.48 bits per heavy atom. The van der Waals surface area contributed by atoms with Crippen molar-refractivity contribution < 1.29 is 19.3 Å². The summed E-state index contributed by atoms with van der Waals surface area (Å²) in [5, 5.41) is 13.6. The third-order valence-electron chi connectivity index (χ3n) is 3.68. The first-order valence-corrected chi connectivity index (χ1v) is 7.00. The normalized spacial score (nSPS) is 34.0. The van der Waals surface area contributed by atoms with Crippen LogP contribution in [0, 0.1) is 0 Å². The van der Waals surface area contributed by atoms with Crippen LogP contribution in [0.2, 0.25) is 0 Å². The quantitative estimate of drug-likeness (QED) is 0.626. The zero-order valence-corrected chi connectivity index (χ0v) is 12.5. The summed E-state index contributed by atoms with van der Waals surface area (Å²) in [7, 11) is 0. The zero-order chi connectivity index (χ0) is 15.4. The van der Waals surface area contributed by atoms with Gasteiger partial charge in [0.25, 0.3) is 0 Å². The number of nitrogens with two attached hydrogens (primary N) is 2. The third kappa shape index (κ3) is 2.30. The summed E-state index contributed by atoms with van der Waals surface area (Å²) >= 11 is 4.87. The molecule has 116 valence electrons. The lowest BCUT2D eigenvalue weighted by Gasteiger charge is -2.23. The van der Waals surface area contributed by atoms with Crippen LogP contribution >= 0.6 is 12.2 Å². The fourth-order valence-corrected chi connectivity index (χ4v) is 2.99. The monoisotopic (exact) mass is 314 g/mol. The van der Waals surface area contributed by atoms with Gasteiger partial charge in [0.2, 0.25) is 0 Å². The highest BCUT2D eigenvalue weighted by atomic mass is 32.1. The molecular weight excluding hydrogens is 296 g/mol. The van der Waals surface area contributed by atoms with Crippen molar-refractivity contribution >= 4 is 23.1 Å². The van der Waals surface area contributed by atoms with E-state index in [1.807, 2.05) is 13.8 Å². The second-order valence-electron chi connectivity index (χ2n) is 5.58. The van der Waals surface area contributed by atoms with E-state index in [1.54, 1.807) is 6.20 Å². The Morgan fingerprint density at radius 2 is 2.14 bits per heavy atom. The van der Waals surface area contributed by atoms with Crippen LogP contribution in [-0.2, 0) is 14.2 Å². The second-order valence-corrected chi connectivity index (χ2v) is 6.00. The molecule has 8 nitrogen and oxygen atoms in total. The highest BCUT2D eigenvalue weighted by Crippen LogP contribution is 2.46. The summed E-state index contributed by atoms with van der Waals surface area (Å²) in [6.07, 6.45) is -0.151. The molecule has 0 saturated carbocycles. The van der Waals surface area contributed by atoms with Gasteiger partial charge < -0.3 is 30.8 Å². The van der Waals surface area contributed by atoms with E-state index >= 15 is 0 Å². The van der Waals surface area contributed by atoms with Crippen molar-refractivity contribution in [2.45, 2.75) is 44.1 Å². The lowest BCUT2D eigenvalue weighted by molar-refractivity contribution is -0.191. The molecule has 2 saturated heterocycles. The molecule has 2 aliphatic heterocycles. The van der Waals surface area contributed by atoms with Crippen LogP contribution in [0.15, 0.2) is 6.20 Å². The van der Waals surface area contributed by atoms with Crippen molar-refractivity contribution in [3.05, 3.63) is 11.8 Å². The van der Waals surface area contributed by atoms with E-state index in [2.05, 4.69) is 5.10 Å². The molecule has 0 aliphatic carbocycles. The Balaban J connectivity index is 1.94. The van der Waals surface area contributed by atoms with Gasteiger partial charge >= 0.3 is 0 Å². The van der Waals surface area contributed by atoms with E-state index in [0.29, 0.717) is 11.4 Å². The Labute approximate surface area is 126 Å². The van der Waals surface area contributed by atoms with Gasteiger partial charge in [-0.15, -0.1) is 0 Å². The number of nitrogens with zero attached hydrogens (tertiary/aromatic N) is 2. The summed E-state index contributed by atoms with van der Waals surface area (Å²) in [5.41, 5.74) is 12.2. The molecule has 1 aromatic rings. The summed E-state index contributed by atoms with van der Waals surface area (Å²) in [5.74, 6) is -0.434. The zero-order valence-electron chi connectivity index (χ0n) is 11.7. The van der Waals surface area contributed by atoms with Gasteiger partial charge in [-0.25, -0.2) is 0 Å². The molecule has 0 bridgehead atoms. The van der Waals surface area contributed by atoms with Crippen LogP contribution in [-0.4, -0.2) is 50.7 Å². The van der Waals surface area contributed by atoms with Crippen molar-refractivity contribution in [3.8, 4) is 0 Å². The Hall–Kier alpha value is -1.26. The highest BCUT2D eigenvalue weighted by molar-refractivity contribution is 7.80. The molecule has 0 amide bonds. The molecule has 5 N–H and O–H groups in total. The van der Waals surface area contributed by atoms with Gasteiger partial charge in [0, 0.05) is 5.56 Å². The van der Waals surface area contributed by atoms with E-state index in [1.165, 1.54) is 4.68 Å². The molecule has 4 atom stereocenters. The number of aromatic nitrogens is 2. The lowest BCUT2D eigenvalue weighted by atomic mass is 10.0. The molecule has 0 radical (unpaired) electrons. The standard InChI is InChI=1S/C12H18N4O4S/c1-12(2)19-8-6(4-17)18-7(9(8)20-12)5-3-15-16(10(5)13)11(14)21/h3,6-9,17H,4,13H2,1-2H3,(H2,14,21)/t6-,7+,8?,9?/m1/s1. The summed E-state index contributed by atoms with van der Waals surface area (Å²) < 4.78 is 18.8. The minimum absolute atomic E-state index is 0.0518. The number of fused-ring (bicyclic) bond motifs is 1. The first-order chi connectivity index (χ1) is 9.84. The smallest absolute Gasteiger partial charge is 0.193 e. The fourth-order valence-electron chi connectivity index (χ4n) is 2.84. The summed E-state index contributed by atoms with van der Waals surface area (Å²) in [6, 6.07) is 0. The van der Waals surface area contributed by atoms with Gasteiger partial charge in [0.05, 0.1) is 12.8 Å². The summed E-state index contributed by atoms with van der Waals surface area (Å²) in [4.78, 5) is 0. The second kappa shape index (κ2) is 4.89. The predicted molar refractivity (Wildman–Crippen MR) is 77.3 cm³/mol. The number of thiocarbonyl (C=S) groups is 1. The largest absolute Gasteiger partial charge is 0.394 e. The van der Waals surface area contributed by atoms with Crippen LogP contribution in [0.3, 0.4) is 0 Å². The molecule has 0 aromatic carbocycles. The number of hydrogen-bond acceptors (Lipinski definition) is 7. The van der Waals surface area contributed by atoms with Crippen molar-refractivity contribution in [1.82, 2.24) is 9.78 Å². The average molecular weight is 314 g/mol. The average Bonchev–Trinajstić information content (AvgIpc) is 3.00. The van der Waals surface area contributed by atoms with Gasteiger partial charge in [-0.05, 0) is 26.1 Å². The maximum atomic E-state index is 9.46. The molecule has 2 fully saturated rings. The maximum absolute atomic E-state index is 9.46. The number of rotatable bonds is 2. The van der Waals surface area contributed by atoms with Crippen LogP contribution in [0.5, 0.6) is 0 Å². The van der Waals surface area contributed by atoms with Gasteiger partial charge in [-0.2, -0.15) is 9.78 Å². The van der Waals surface area contributed by atoms with E-state index < -0.39 is 18.0 Å². The molecular formula is C12H18N4O4S. The van der Waals surface area contributed by atoms with Crippen molar-refractivity contribution in [3.63, 3.8) is 0 Å². The van der Waals surface area contributed by atoms with Crippen LogP contribution in [0.25, 0.3) is 0 Å². The predicted octanol–water partition coefficient (Wildman–Crippen LogP) is -0.491. The molecule has 1 aromatic heterocycles. The molecule has 3 heterocycles. The van der Waals surface area contributed by atoms with Crippen LogP contribution < -0.4 is 11.5 Å². The number of ether oxygens (including phenoxy) is 3. The SMILES string of the molecule is CC1(C)OC2C(O1)[C@H](c1cnn(C(N)=S)c1N)O[C@@H]2CO. The van der Waals surface area contributed by atoms with Crippen molar-refractivity contribution in [2.24, 2.45) is 5.73 Å². The third-order valence-corrected chi connectivity index (χ3v) is 3.85. The van der Waals surface area contributed by atoms with E-state index in [0.717, 1.165) is 0 Å². The minimum Gasteiger partial charge on any atom is -0.394 e.